The van der Waals surface area contributed by atoms with Crippen LogP contribution < -0.4 is 5.32 Å². The van der Waals surface area contributed by atoms with Crippen LogP contribution in [0.5, 0.6) is 0 Å². The lowest BCUT2D eigenvalue weighted by molar-refractivity contribution is 0.0705. The summed E-state index contributed by atoms with van der Waals surface area (Å²) in [5.74, 6) is 0. The van der Waals surface area contributed by atoms with E-state index in [0.717, 1.165) is 35.8 Å². The van der Waals surface area contributed by atoms with Crippen LogP contribution in [-0.2, 0) is 9.47 Å². The first kappa shape index (κ1) is 14.3. The summed E-state index contributed by atoms with van der Waals surface area (Å²) in [6.07, 6.45) is 0.967. The molecule has 1 aromatic carbocycles. The summed E-state index contributed by atoms with van der Waals surface area (Å²) in [5.41, 5.74) is 2.15. The highest BCUT2D eigenvalue weighted by atomic mass is 35.5. The average Bonchev–Trinajstić information content (AvgIpc) is 2.32. The lowest BCUT2D eigenvalue weighted by Gasteiger charge is -2.08. The molecular weight excluding hydrogens is 238 g/mol. The second-order valence-electron chi connectivity index (χ2n) is 3.85. The van der Waals surface area contributed by atoms with Gasteiger partial charge in [-0.05, 0) is 31.0 Å². The average molecular weight is 258 g/mol. The van der Waals surface area contributed by atoms with Crippen LogP contribution in [-0.4, -0.2) is 33.5 Å². The summed E-state index contributed by atoms with van der Waals surface area (Å²) in [6.45, 7) is 4.94. The molecule has 0 unspecified atom stereocenters. The van der Waals surface area contributed by atoms with E-state index in [-0.39, 0.29) is 0 Å². The van der Waals surface area contributed by atoms with E-state index in [0.29, 0.717) is 13.2 Å². The zero-order valence-electron chi connectivity index (χ0n) is 10.5. The van der Waals surface area contributed by atoms with E-state index in [1.54, 1.807) is 7.11 Å². The Morgan fingerprint density at radius 3 is 2.76 bits per heavy atom. The van der Waals surface area contributed by atoms with Crippen LogP contribution in [0.15, 0.2) is 18.2 Å². The molecule has 3 nitrogen and oxygen atoms in total. The lowest BCUT2D eigenvalue weighted by atomic mass is 10.2. The molecule has 0 heterocycles. The minimum absolute atomic E-state index is 0.654. The van der Waals surface area contributed by atoms with Crippen molar-refractivity contribution in [2.45, 2.75) is 13.3 Å². The summed E-state index contributed by atoms with van der Waals surface area (Å²) in [5, 5.41) is 4.11. The molecule has 0 saturated heterocycles. The molecule has 1 aromatic rings. The third-order valence-electron chi connectivity index (χ3n) is 2.40. The fourth-order valence-electron chi connectivity index (χ4n) is 1.35. The summed E-state index contributed by atoms with van der Waals surface area (Å²) < 4.78 is 10.3. The molecule has 0 aliphatic rings. The van der Waals surface area contributed by atoms with Gasteiger partial charge in [0.25, 0.3) is 0 Å². The third kappa shape index (κ3) is 5.91. The van der Waals surface area contributed by atoms with Gasteiger partial charge in [0.1, 0.15) is 0 Å². The fourth-order valence-corrected chi connectivity index (χ4v) is 1.53. The summed E-state index contributed by atoms with van der Waals surface area (Å²) in [7, 11) is 1.67. The monoisotopic (exact) mass is 257 g/mol. The SMILES string of the molecule is COCCOCCCNc1ccc(C)c(Cl)c1. The molecule has 4 heteroatoms. The Bertz CT molecular complexity index is 331. The van der Waals surface area contributed by atoms with Gasteiger partial charge in [-0.1, -0.05) is 17.7 Å². The molecule has 0 aliphatic carbocycles. The normalized spacial score (nSPS) is 10.5. The van der Waals surface area contributed by atoms with Crippen molar-refractivity contribution in [3.8, 4) is 0 Å². The van der Waals surface area contributed by atoms with Crippen molar-refractivity contribution in [3.63, 3.8) is 0 Å². The number of hydrogen-bond donors (Lipinski definition) is 1. The van der Waals surface area contributed by atoms with Gasteiger partial charge in [0, 0.05) is 31.0 Å². The molecule has 0 amide bonds. The van der Waals surface area contributed by atoms with Gasteiger partial charge in [-0.15, -0.1) is 0 Å². The van der Waals surface area contributed by atoms with E-state index in [1.165, 1.54) is 0 Å². The van der Waals surface area contributed by atoms with Gasteiger partial charge in [0.2, 0.25) is 0 Å². The van der Waals surface area contributed by atoms with E-state index in [4.69, 9.17) is 21.1 Å². The minimum atomic E-state index is 0.654. The molecule has 0 aromatic heterocycles. The van der Waals surface area contributed by atoms with Gasteiger partial charge >= 0.3 is 0 Å². The number of hydrogen-bond acceptors (Lipinski definition) is 3. The van der Waals surface area contributed by atoms with Gasteiger partial charge in [0.15, 0.2) is 0 Å². The maximum atomic E-state index is 6.03. The topological polar surface area (TPSA) is 30.5 Å². The van der Waals surface area contributed by atoms with E-state index >= 15 is 0 Å². The molecule has 0 saturated carbocycles. The Balaban J connectivity index is 2.11. The van der Waals surface area contributed by atoms with Gasteiger partial charge in [-0.25, -0.2) is 0 Å². The first-order valence-corrected chi connectivity index (χ1v) is 6.18. The van der Waals surface area contributed by atoms with Crippen molar-refractivity contribution >= 4 is 17.3 Å². The molecule has 0 atom stereocenters. The quantitative estimate of drug-likeness (QED) is 0.726. The maximum absolute atomic E-state index is 6.03. The van der Waals surface area contributed by atoms with Crippen molar-refractivity contribution in [2.24, 2.45) is 0 Å². The Labute approximate surface area is 108 Å². The zero-order valence-corrected chi connectivity index (χ0v) is 11.2. The second kappa shape index (κ2) is 8.34. The lowest BCUT2D eigenvalue weighted by Crippen LogP contribution is -2.08. The molecular formula is C13H20ClNO2. The van der Waals surface area contributed by atoms with E-state index in [1.807, 2.05) is 25.1 Å². The molecule has 0 bridgehead atoms. The number of benzene rings is 1. The van der Waals surface area contributed by atoms with E-state index < -0.39 is 0 Å². The Morgan fingerprint density at radius 1 is 1.24 bits per heavy atom. The predicted molar refractivity (Wildman–Crippen MR) is 72.0 cm³/mol. The van der Waals surface area contributed by atoms with Gasteiger partial charge in [0.05, 0.1) is 13.2 Å². The largest absolute Gasteiger partial charge is 0.385 e. The van der Waals surface area contributed by atoms with Crippen LogP contribution in [0.2, 0.25) is 5.02 Å². The highest BCUT2D eigenvalue weighted by molar-refractivity contribution is 6.31. The Morgan fingerprint density at radius 2 is 2.06 bits per heavy atom. The Hall–Kier alpha value is -0.770. The molecule has 96 valence electrons. The minimum Gasteiger partial charge on any atom is -0.385 e. The molecule has 0 spiro atoms. The van der Waals surface area contributed by atoms with E-state index in [2.05, 4.69) is 5.32 Å². The van der Waals surface area contributed by atoms with Gasteiger partial charge in [-0.2, -0.15) is 0 Å². The summed E-state index contributed by atoms with van der Waals surface area (Å²) in [6, 6.07) is 6.00. The summed E-state index contributed by atoms with van der Waals surface area (Å²) in [4.78, 5) is 0. The Kier molecular flexibility index (Phi) is 7.01. The molecule has 0 aliphatic heterocycles. The number of nitrogens with one attached hydrogen (secondary N) is 1. The smallest absolute Gasteiger partial charge is 0.0700 e. The molecule has 17 heavy (non-hydrogen) atoms. The zero-order chi connectivity index (χ0) is 12.5. The molecule has 0 fully saturated rings. The third-order valence-corrected chi connectivity index (χ3v) is 2.81. The fraction of sp³-hybridized carbons (Fsp3) is 0.538. The van der Waals surface area contributed by atoms with Crippen LogP contribution in [0.1, 0.15) is 12.0 Å². The number of rotatable bonds is 8. The van der Waals surface area contributed by atoms with E-state index in [9.17, 15) is 0 Å². The van der Waals surface area contributed by atoms with Crippen molar-refractivity contribution in [3.05, 3.63) is 28.8 Å². The van der Waals surface area contributed by atoms with Crippen LogP contribution in [0.4, 0.5) is 5.69 Å². The van der Waals surface area contributed by atoms with Crippen molar-refractivity contribution in [1.82, 2.24) is 0 Å². The molecule has 1 N–H and O–H groups in total. The number of ether oxygens (including phenoxy) is 2. The number of methoxy groups -OCH3 is 1. The van der Waals surface area contributed by atoms with Gasteiger partial charge in [-0.3, -0.25) is 0 Å². The van der Waals surface area contributed by atoms with Crippen LogP contribution >= 0.6 is 11.6 Å². The number of anilines is 1. The van der Waals surface area contributed by atoms with Crippen molar-refractivity contribution in [2.75, 3.05) is 38.8 Å². The standard InChI is InChI=1S/C13H20ClNO2/c1-11-4-5-12(10-13(11)14)15-6-3-7-17-9-8-16-2/h4-5,10,15H,3,6-9H2,1-2H3. The van der Waals surface area contributed by atoms with Crippen LogP contribution in [0.3, 0.4) is 0 Å². The van der Waals surface area contributed by atoms with Crippen molar-refractivity contribution in [1.29, 1.82) is 0 Å². The van der Waals surface area contributed by atoms with Gasteiger partial charge < -0.3 is 14.8 Å². The highest BCUT2D eigenvalue weighted by Gasteiger charge is 1.97. The van der Waals surface area contributed by atoms with Crippen LogP contribution in [0.25, 0.3) is 0 Å². The second-order valence-corrected chi connectivity index (χ2v) is 4.26. The predicted octanol–water partition coefficient (Wildman–Crippen LogP) is 3.11. The highest BCUT2D eigenvalue weighted by Crippen LogP contribution is 2.19. The van der Waals surface area contributed by atoms with Crippen molar-refractivity contribution < 1.29 is 9.47 Å². The first-order chi connectivity index (χ1) is 8.24. The first-order valence-electron chi connectivity index (χ1n) is 5.80. The molecule has 0 radical (unpaired) electrons. The van der Waals surface area contributed by atoms with Crippen LogP contribution in [0, 0.1) is 6.92 Å². The summed E-state index contributed by atoms with van der Waals surface area (Å²) >= 11 is 6.03. The number of halogens is 1. The molecule has 1 rings (SSSR count). The maximum Gasteiger partial charge on any atom is 0.0700 e. The number of aryl methyl sites for hydroxylation is 1.